The standard InChI is InChI=1S/C24H20N4O5/c1-32-20-6-4-14(12-21(20)33-2)19-7-9-25-22-13-17(26-28(19)22)23(29)27-10-8-15-11-16(24(30)31)3-5-18(15)27/h3-7,9,11-13H,8,10H2,1-2H3,(H,30,31). The van der Waals surface area contributed by atoms with Crippen molar-refractivity contribution >= 4 is 23.2 Å². The highest BCUT2D eigenvalue weighted by molar-refractivity contribution is 6.07. The molecule has 3 heterocycles. The Morgan fingerprint density at radius 2 is 1.82 bits per heavy atom. The Morgan fingerprint density at radius 1 is 1.00 bits per heavy atom. The van der Waals surface area contributed by atoms with Crippen molar-refractivity contribution < 1.29 is 24.2 Å². The predicted octanol–water partition coefficient (Wildman–Crippen LogP) is 3.31. The molecule has 9 nitrogen and oxygen atoms in total. The first-order chi connectivity index (χ1) is 16.0. The Balaban J connectivity index is 1.52. The van der Waals surface area contributed by atoms with Gasteiger partial charge in [0.15, 0.2) is 22.8 Å². The van der Waals surface area contributed by atoms with E-state index >= 15 is 0 Å². The number of benzene rings is 2. The average Bonchev–Trinajstić information content (AvgIpc) is 3.47. The van der Waals surface area contributed by atoms with Gasteiger partial charge in [-0.05, 0) is 54.4 Å². The van der Waals surface area contributed by atoms with Crippen LogP contribution in [0.25, 0.3) is 16.9 Å². The summed E-state index contributed by atoms with van der Waals surface area (Å²) in [5.74, 6) is -0.0586. The van der Waals surface area contributed by atoms with Crippen LogP contribution in [-0.4, -0.2) is 52.3 Å². The van der Waals surface area contributed by atoms with E-state index in [4.69, 9.17) is 9.47 Å². The van der Waals surface area contributed by atoms with Gasteiger partial charge in [-0.25, -0.2) is 14.3 Å². The molecule has 0 unspecified atom stereocenters. The van der Waals surface area contributed by atoms with E-state index in [0.717, 1.165) is 16.8 Å². The fourth-order valence-corrected chi connectivity index (χ4v) is 4.10. The molecule has 0 saturated heterocycles. The van der Waals surface area contributed by atoms with Crippen LogP contribution >= 0.6 is 0 Å². The van der Waals surface area contributed by atoms with Gasteiger partial charge in [0.2, 0.25) is 0 Å². The van der Waals surface area contributed by atoms with Crippen LogP contribution in [0.4, 0.5) is 5.69 Å². The number of carbonyl (C=O) groups excluding carboxylic acids is 1. The summed E-state index contributed by atoms with van der Waals surface area (Å²) in [6, 6.07) is 13.8. The van der Waals surface area contributed by atoms with Crippen LogP contribution in [0.15, 0.2) is 54.7 Å². The van der Waals surface area contributed by atoms with Crippen LogP contribution in [0.3, 0.4) is 0 Å². The van der Waals surface area contributed by atoms with E-state index in [1.807, 2.05) is 24.3 Å². The summed E-state index contributed by atoms with van der Waals surface area (Å²) < 4.78 is 12.3. The minimum atomic E-state index is -0.989. The molecular weight excluding hydrogens is 424 g/mol. The lowest BCUT2D eigenvalue weighted by Gasteiger charge is -2.15. The summed E-state index contributed by atoms with van der Waals surface area (Å²) in [6.07, 6.45) is 2.25. The van der Waals surface area contributed by atoms with Gasteiger partial charge in [-0.15, -0.1) is 0 Å². The molecule has 2 aromatic carbocycles. The lowest BCUT2D eigenvalue weighted by molar-refractivity contribution is 0.0696. The van der Waals surface area contributed by atoms with E-state index in [0.29, 0.717) is 35.8 Å². The molecule has 0 fully saturated rings. The summed E-state index contributed by atoms with van der Waals surface area (Å²) in [4.78, 5) is 30.5. The monoisotopic (exact) mass is 444 g/mol. The number of hydrogen-bond acceptors (Lipinski definition) is 6. The molecule has 33 heavy (non-hydrogen) atoms. The molecule has 0 atom stereocenters. The molecule has 2 aromatic heterocycles. The van der Waals surface area contributed by atoms with Gasteiger partial charge in [-0.2, -0.15) is 5.10 Å². The number of methoxy groups -OCH3 is 2. The molecule has 0 radical (unpaired) electrons. The van der Waals surface area contributed by atoms with Crippen molar-refractivity contribution in [3.63, 3.8) is 0 Å². The van der Waals surface area contributed by atoms with Crippen LogP contribution in [0, 0.1) is 0 Å². The number of aromatic nitrogens is 3. The Bertz CT molecular complexity index is 1410. The second-order valence-electron chi connectivity index (χ2n) is 7.55. The molecule has 0 spiro atoms. The molecule has 0 saturated carbocycles. The van der Waals surface area contributed by atoms with Crippen molar-refractivity contribution in [1.29, 1.82) is 0 Å². The maximum atomic E-state index is 13.3. The van der Waals surface area contributed by atoms with Crippen molar-refractivity contribution in [2.75, 3.05) is 25.7 Å². The number of rotatable bonds is 5. The highest BCUT2D eigenvalue weighted by atomic mass is 16.5. The van der Waals surface area contributed by atoms with Crippen molar-refractivity contribution in [2.24, 2.45) is 0 Å². The summed E-state index contributed by atoms with van der Waals surface area (Å²) >= 11 is 0. The SMILES string of the molecule is COc1ccc(-c2ccnc3cc(C(=O)N4CCc5cc(C(=O)O)ccc54)nn23)cc1OC. The molecular formula is C24H20N4O5. The van der Waals surface area contributed by atoms with Crippen molar-refractivity contribution in [1.82, 2.24) is 14.6 Å². The number of carboxylic acids is 1. The Labute approximate surface area is 188 Å². The highest BCUT2D eigenvalue weighted by Gasteiger charge is 2.28. The number of ether oxygens (including phenoxy) is 2. The van der Waals surface area contributed by atoms with Crippen LogP contribution < -0.4 is 14.4 Å². The van der Waals surface area contributed by atoms with Crippen molar-refractivity contribution in [3.05, 3.63) is 71.5 Å². The third-order valence-electron chi connectivity index (χ3n) is 5.72. The van der Waals surface area contributed by atoms with Crippen molar-refractivity contribution in [3.8, 4) is 22.8 Å². The number of anilines is 1. The molecule has 1 amide bonds. The number of hydrogen-bond donors (Lipinski definition) is 1. The average molecular weight is 444 g/mol. The highest BCUT2D eigenvalue weighted by Crippen LogP contribution is 2.33. The van der Waals surface area contributed by atoms with Gasteiger partial charge < -0.3 is 19.5 Å². The number of amides is 1. The van der Waals surface area contributed by atoms with E-state index in [9.17, 15) is 14.7 Å². The Kier molecular flexibility index (Phi) is 4.93. The van der Waals surface area contributed by atoms with Gasteiger partial charge >= 0.3 is 5.97 Å². The zero-order chi connectivity index (χ0) is 23.1. The number of nitrogens with zero attached hydrogens (tertiary/aromatic N) is 4. The first-order valence-corrected chi connectivity index (χ1v) is 10.3. The summed E-state index contributed by atoms with van der Waals surface area (Å²) in [5, 5.41) is 13.8. The summed E-state index contributed by atoms with van der Waals surface area (Å²) in [7, 11) is 3.15. The molecule has 166 valence electrons. The van der Waals surface area contributed by atoms with Gasteiger partial charge in [0, 0.05) is 30.1 Å². The van der Waals surface area contributed by atoms with Gasteiger partial charge in [0.05, 0.1) is 25.5 Å². The maximum absolute atomic E-state index is 13.3. The largest absolute Gasteiger partial charge is 0.493 e. The van der Waals surface area contributed by atoms with E-state index in [1.165, 1.54) is 6.07 Å². The molecule has 0 bridgehead atoms. The lowest BCUT2D eigenvalue weighted by atomic mass is 10.1. The third-order valence-corrected chi connectivity index (χ3v) is 5.72. The molecule has 4 aromatic rings. The third kappa shape index (κ3) is 3.43. The second kappa shape index (κ2) is 7.94. The number of fused-ring (bicyclic) bond motifs is 2. The van der Waals surface area contributed by atoms with Crippen LogP contribution in [0.1, 0.15) is 26.4 Å². The maximum Gasteiger partial charge on any atom is 0.335 e. The topological polar surface area (TPSA) is 106 Å². The molecule has 1 aliphatic heterocycles. The molecule has 9 heteroatoms. The van der Waals surface area contributed by atoms with Gasteiger partial charge in [-0.3, -0.25) is 4.79 Å². The number of carboxylic acid groups (broad SMARTS) is 1. The van der Waals surface area contributed by atoms with Crippen LogP contribution in [0.5, 0.6) is 11.5 Å². The van der Waals surface area contributed by atoms with Gasteiger partial charge in [0.1, 0.15) is 0 Å². The molecule has 1 N–H and O–H groups in total. The zero-order valence-corrected chi connectivity index (χ0v) is 18.0. The molecule has 1 aliphatic rings. The fourth-order valence-electron chi connectivity index (χ4n) is 4.10. The zero-order valence-electron chi connectivity index (χ0n) is 18.0. The smallest absolute Gasteiger partial charge is 0.335 e. The number of aromatic carboxylic acids is 1. The Morgan fingerprint density at radius 3 is 2.58 bits per heavy atom. The van der Waals surface area contributed by atoms with Crippen LogP contribution in [-0.2, 0) is 6.42 Å². The molecule has 0 aliphatic carbocycles. The molecule has 5 rings (SSSR count). The van der Waals surface area contributed by atoms with Crippen molar-refractivity contribution in [2.45, 2.75) is 6.42 Å². The fraction of sp³-hybridized carbons (Fsp3) is 0.167. The van der Waals surface area contributed by atoms with E-state index in [-0.39, 0.29) is 17.2 Å². The summed E-state index contributed by atoms with van der Waals surface area (Å²) in [6.45, 7) is 0.459. The first-order valence-electron chi connectivity index (χ1n) is 10.3. The van der Waals surface area contributed by atoms with Gasteiger partial charge in [0.25, 0.3) is 5.91 Å². The Hall–Kier alpha value is -4.40. The second-order valence-corrected chi connectivity index (χ2v) is 7.55. The van der Waals surface area contributed by atoms with E-state index in [1.54, 1.807) is 48.0 Å². The minimum absolute atomic E-state index is 0.208. The van der Waals surface area contributed by atoms with Crippen LogP contribution in [0.2, 0.25) is 0 Å². The quantitative estimate of drug-likeness (QED) is 0.503. The van der Waals surface area contributed by atoms with E-state index < -0.39 is 5.97 Å². The lowest BCUT2D eigenvalue weighted by Crippen LogP contribution is -2.29. The van der Waals surface area contributed by atoms with Gasteiger partial charge in [-0.1, -0.05) is 0 Å². The first kappa shape index (κ1) is 20.5. The minimum Gasteiger partial charge on any atom is -0.493 e. The normalized spacial score (nSPS) is 12.6. The van der Waals surface area contributed by atoms with E-state index in [2.05, 4.69) is 10.1 Å². The summed E-state index contributed by atoms with van der Waals surface area (Å²) in [5.41, 5.74) is 4.10. The number of carbonyl (C=O) groups is 2. The predicted molar refractivity (Wildman–Crippen MR) is 120 cm³/mol.